The lowest BCUT2D eigenvalue weighted by Gasteiger charge is -2.34. The molecule has 1 saturated heterocycles. The Hall–Kier alpha value is -1.56. The smallest absolute Gasteiger partial charge is 0.324 e. The summed E-state index contributed by atoms with van der Waals surface area (Å²) < 4.78 is 7.13. The number of carbonyl (C=O) groups is 1. The molecule has 21 heavy (non-hydrogen) atoms. The van der Waals surface area contributed by atoms with E-state index in [0.29, 0.717) is 13.0 Å². The van der Waals surface area contributed by atoms with Gasteiger partial charge in [-0.05, 0) is 32.7 Å². The van der Waals surface area contributed by atoms with Gasteiger partial charge in [0, 0.05) is 13.6 Å². The van der Waals surface area contributed by atoms with E-state index >= 15 is 0 Å². The molecule has 1 N–H and O–H groups in total. The van der Waals surface area contributed by atoms with Gasteiger partial charge in [0.05, 0.1) is 18.4 Å². The van der Waals surface area contributed by atoms with Crippen LogP contribution in [-0.2, 0) is 18.4 Å². The first kappa shape index (κ1) is 15.8. The van der Waals surface area contributed by atoms with Crippen LogP contribution < -0.4 is 4.74 Å². The summed E-state index contributed by atoms with van der Waals surface area (Å²) >= 11 is 0. The van der Waals surface area contributed by atoms with Gasteiger partial charge in [0.25, 0.3) is 0 Å². The number of likely N-dealkylation sites (tertiary alicyclic amines) is 1. The molecule has 1 aliphatic rings. The first-order valence-corrected chi connectivity index (χ1v) is 7.51. The summed E-state index contributed by atoms with van der Waals surface area (Å²) in [6, 6.07) is 0. The Bertz CT molecular complexity index is 526. The van der Waals surface area contributed by atoms with Crippen molar-refractivity contribution in [1.29, 1.82) is 0 Å². The highest BCUT2D eigenvalue weighted by Gasteiger charge is 2.47. The average molecular weight is 295 g/mol. The third kappa shape index (κ3) is 2.64. The van der Waals surface area contributed by atoms with E-state index in [1.165, 1.54) is 0 Å². The van der Waals surface area contributed by atoms with Gasteiger partial charge in [-0.25, -0.2) is 4.68 Å². The summed E-state index contributed by atoms with van der Waals surface area (Å²) in [4.78, 5) is 14.0. The summed E-state index contributed by atoms with van der Waals surface area (Å²) in [5.41, 5.74) is 1.16. The zero-order valence-electron chi connectivity index (χ0n) is 13.3. The van der Waals surface area contributed by atoms with Gasteiger partial charge in [-0.2, -0.15) is 5.10 Å². The molecule has 1 aromatic rings. The lowest BCUT2D eigenvalue weighted by Crippen LogP contribution is -2.50. The molecule has 1 fully saturated rings. The molecule has 2 rings (SSSR count). The van der Waals surface area contributed by atoms with Crippen LogP contribution in [0.1, 0.15) is 43.9 Å². The van der Waals surface area contributed by atoms with E-state index in [-0.39, 0.29) is 0 Å². The van der Waals surface area contributed by atoms with Gasteiger partial charge in [0.2, 0.25) is 5.88 Å². The van der Waals surface area contributed by atoms with Crippen LogP contribution in [0.2, 0.25) is 0 Å². The number of methoxy groups -OCH3 is 1. The van der Waals surface area contributed by atoms with Crippen molar-refractivity contribution in [3.05, 3.63) is 11.3 Å². The largest absolute Gasteiger partial charge is 0.481 e. The summed E-state index contributed by atoms with van der Waals surface area (Å²) in [7, 11) is 3.47. The van der Waals surface area contributed by atoms with Crippen molar-refractivity contribution in [3.8, 4) is 5.88 Å². The number of aryl methyl sites for hydroxylation is 2. The van der Waals surface area contributed by atoms with Gasteiger partial charge >= 0.3 is 5.97 Å². The molecule has 0 spiro atoms. The maximum atomic E-state index is 11.9. The van der Waals surface area contributed by atoms with Crippen LogP contribution in [0.4, 0.5) is 0 Å². The predicted octanol–water partition coefficient (Wildman–Crippen LogP) is 1.96. The maximum absolute atomic E-state index is 11.9. The number of nitrogens with zero attached hydrogens (tertiary/aromatic N) is 3. The molecule has 0 aromatic carbocycles. The topological polar surface area (TPSA) is 67.6 Å². The second-order valence-electron chi connectivity index (χ2n) is 5.81. The van der Waals surface area contributed by atoms with Crippen molar-refractivity contribution in [2.45, 2.75) is 51.6 Å². The SMILES string of the molecule is CCCC1(C(=O)O)CCCN1Cc1c(C)nn(C)c1OC. The quantitative estimate of drug-likeness (QED) is 0.869. The van der Waals surface area contributed by atoms with Crippen molar-refractivity contribution in [1.82, 2.24) is 14.7 Å². The monoisotopic (exact) mass is 295 g/mol. The molecule has 0 amide bonds. The van der Waals surface area contributed by atoms with Crippen LogP contribution in [0.3, 0.4) is 0 Å². The fraction of sp³-hybridized carbons (Fsp3) is 0.733. The van der Waals surface area contributed by atoms with E-state index in [2.05, 4.69) is 10.00 Å². The van der Waals surface area contributed by atoms with Gasteiger partial charge in [-0.15, -0.1) is 0 Å². The number of rotatable bonds is 6. The zero-order valence-corrected chi connectivity index (χ0v) is 13.3. The summed E-state index contributed by atoms with van der Waals surface area (Å²) in [5.74, 6) is 0.0116. The number of carboxylic acid groups (broad SMARTS) is 1. The molecule has 118 valence electrons. The van der Waals surface area contributed by atoms with Crippen molar-refractivity contribution in [3.63, 3.8) is 0 Å². The molecule has 1 atom stereocenters. The molecule has 6 heteroatoms. The Labute approximate surface area is 125 Å². The second kappa shape index (κ2) is 6.05. The lowest BCUT2D eigenvalue weighted by molar-refractivity contribution is -0.150. The molecule has 1 aromatic heterocycles. The van der Waals surface area contributed by atoms with Crippen LogP contribution in [0.15, 0.2) is 0 Å². The van der Waals surface area contributed by atoms with E-state index < -0.39 is 11.5 Å². The highest BCUT2D eigenvalue weighted by Crippen LogP contribution is 2.37. The normalized spacial score (nSPS) is 22.7. The molecule has 0 saturated carbocycles. The van der Waals surface area contributed by atoms with Crippen molar-refractivity contribution in [2.75, 3.05) is 13.7 Å². The Balaban J connectivity index is 2.31. The number of carboxylic acids is 1. The van der Waals surface area contributed by atoms with Crippen molar-refractivity contribution >= 4 is 5.97 Å². The molecule has 2 heterocycles. The first-order valence-electron chi connectivity index (χ1n) is 7.51. The zero-order chi connectivity index (χ0) is 15.6. The highest BCUT2D eigenvalue weighted by atomic mass is 16.5. The molecule has 0 radical (unpaired) electrons. The van der Waals surface area contributed by atoms with Gasteiger partial charge in [-0.3, -0.25) is 9.69 Å². The standard InChI is InChI=1S/C15H25N3O3/c1-5-7-15(14(19)20)8-6-9-18(15)10-12-11(2)16-17(3)13(12)21-4/h5-10H2,1-4H3,(H,19,20). The van der Waals surface area contributed by atoms with Gasteiger partial charge in [-0.1, -0.05) is 13.3 Å². The van der Waals surface area contributed by atoms with Crippen molar-refractivity contribution in [2.24, 2.45) is 7.05 Å². The van der Waals surface area contributed by atoms with Crippen LogP contribution in [0.25, 0.3) is 0 Å². The van der Waals surface area contributed by atoms with Gasteiger partial charge in [0.1, 0.15) is 5.54 Å². The minimum absolute atomic E-state index is 0.579. The molecule has 0 bridgehead atoms. The van der Waals surface area contributed by atoms with E-state index in [0.717, 1.165) is 42.9 Å². The molecule has 6 nitrogen and oxygen atoms in total. The third-order valence-electron chi connectivity index (χ3n) is 4.52. The van der Waals surface area contributed by atoms with Crippen LogP contribution in [-0.4, -0.2) is 44.9 Å². The Morgan fingerprint density at radius 1 is 1.52 bits per heavy atom. The summed E-state index contributed by atoms with van der Waals surface area (Å²) in [6.07, 6.45) is 3.20. The minimum Gasteiger partial charge on any atom is -0.481 e. The minimum atomic E-state index is -0.734. The molecule has 1 aliphatic heterocycles. The number of hydrogen-bond acceptors (Lipinski definition) is 4. The van der Waals surface area contributed by atoms with E-state index in [4.69, 9.17) is 4.74 Å². The second-order valence-corrected chi connectivity index (χ2v) is 5.81. The van der Waals surface area contributed by atoms with Crippen LogP contribution >= 0.6 is 0 Å². The Morgan fingerprint density at radius 3 is 2.81 bits per heavy atom. The number of hydrogen-bond donors (Lipinski definition) is 1. The Kier molecular flexibility index (Phi) is 4.56. The fourth-order valence-corrected chi connectivity index (χ4v) is 3.52. The van der Waals surface area contributed by atoms with E-state index in [1.54, 1.807) is 11.8 Å². The van der Waals surface area contributed by atoms with E-state index in [1.807, 2.05) is 20.9 Å². The van der Waals surface area contributed by atoms with Gasteiger partial charge < -0.3 is 9.84 Å². The number of aromatic nitrogens is 2. The predicted molar refractivity (Wildman–Crippen MR) is 79.4 cm³/mol. The fourth-order valence-electron chi connectivity index (χ4n) is 3.52. The molecular weight excluding hydrogens is 270 g/mol. The molecular formula is C15H25N3O3. The third-order valence-corrected chi connectivity index (χ3v) is 4.52. The molecule has 0 aliphatic carbocycles. The van der Waals surface area contributed by atoms with Gasteiger partial charge in [0.15, 0.2) is 0 Å². The maximum Gasteiger partial charge on any atom is 0.324 e. The first-order chi connectivity index (χ1) is 9.96. The average Bonchev–Trinajstić information content (AvgIpc) is 2.94. The van der Waals surface area contributed by atoms with Crippen LogP contribution in [0.5, 0.6) is 5.88 Å². The lowest BCUT2D eigenvalue weighted by atomic mass is 9.90. The Morgan fingerprint density at radius 2 is 2.24 bits per heavy atom. The summed E-state index contributed by atoms with van der Waals surface area (Å²) in [6.45, 7) is 5.37. The van der Waals surface area contributed by atoms with E-state index in [9.17, 15) is 9.90 Å². The molecule has 1 unspecified atom stereocenters. The summed E-state index contributed by atoms with van der Waals surface area (Å²) in [5, 5.41) is 14.1. The van der Waals surface area contributed by atoms with Crippen LogP contribution in [0, 0.1) is 6.92 Å². The number of aliphatic carboxylic acids is 1. The number of ether oxygens (including phenoxy) is 1. The highest BCUT2D eigenvalue weighted by molar-refractivity contribution is 5.79. The van der Waals surface area contributed by atoms with Crippen molar-refractivity contribution < 1.29 is 14.6 Å².